The molecule has 1 aliphatic heterocycles. The van der Waals surface area contributed by atoms with Crippen molar-refractivity contribution in [1.29, 1.82) is 0 Å². The van der Waals surface area contributed by atoms with E-state index in [4.69, 9.17) is 4.74 Å². The summed E-state index contributed by atoms with van der Waals surface area (Å²) in [6.45, 7) is 5.63. The van der Waals surface area contributed by atoms with Gasteiger partial charge < -0.3 is 4.74 Å². The molecule has 0 aromatic rings. The Labute approximate surface area is 131 Å². The van der Waals surface area contributed by atoms with E-state index in [2.05, 4.69) is 11.8 Å². The zero-order chi connectivity index (χ0) is 16.0. The van der Waals surface area contributed by atoms with E-state index in [1.807, 2.05) is 0 Å². The van der Waals surface area contributed by atoms with Crippen LogP contribution in [0, 0.1) is 5.92 Å². The summed E-state index contributed by atoms with van der Waals surface area (Å²) in [5, 5.41) is 0. The Kier molecular flexibility index (Phi) is 6.96. The van der Waals surface area contributed by atoms with Gasteiger partial charge in [-0.2, -0.15) is 13.2 Å². The van der Waals surface area contributed by atoms with Crippen molar-refractivity contribution in [2.75, 3.05) is 45.9 Å². The molecule has 6 heteroatoms. The molecule has 0 bridgehead atoms. The molecule has 2 fully saturated rings. The molecule has 3 nitrogen and oxygen atoms in total. The molecule has 1 saturated carbocycles. The fourth-order valence-electron chi connectivity index (χ4n) is 3.52. The van der Waals surface area contributed by atoms with E-state index in [1.54, 1.807) is 0 Å². The maximum Gasteiger partial charge on any atom is 0.401 e. The zero-order valence-electron chi connectivity index (χ0n) is 13.6. The second kappa shape index (κ2) is 8.50. The molecule has 1 heterocycles. The van der Waals surface area contributed by atoms with Crippen LogP contribution in [0.3, 0.4) is 0 Å². The number of ether oxygens (including phenoxy) is 1. The molecule has 0 radical (unpaired) electrons. The lowest BCUT2D eigenvalue weighted by molar-refractivity contribution is -0.145. The van der Waals surface area contributed by atoms with E-state index in [-0.39, 0.29) is 0 Å². The van der Waals surface area contributed by atoms with Gasteiger partial charge in [0.25, 0.3) is 0 Å². The minimum Gasteiger partial charge on any atom is -0.377 e. The van der Waals surface area contributed by atoms with Crippen molar-refractivity contribution in [1.82, 2.24) is 9.80 Å². The minimum atomic E-state index is -4.09. The van der Waals surface area contributed by atoms with Gasteiger partial charge in [0.1, 0.15) is 0 Å². The number of hydrogen-bond donors (Lipinski definition) is 0. The summed E-state index contributed by atoms with van der Waals surface area (Å²) >= 11 is 0. The van der Waals surface area contributed by atoms with E-state index in [9.17, 15) is 13.2 Å². The Morgan fingerprint density at radius 2 is 1.64 bits per heavy atom. The molecule has 0 aromatic heterocycles. The standard InChI is InChI=1S/C16H29F3N2O/c1-14-5-2-3-6-15(14)22-12-11-20-7-4-8-21(10-9-20)13-16(17,18)19/h14-15H,2-13H2,1H3/t14-,15+/m1/s1. The Hall–Kier alpha value is -0.330. The molecule has 0 unspecified atom stereocenters. The van der Waals surface area contributed by atoms with E-state index < -0.39 is 12.7 Å². The summed E-state index contributed by atoms with van der Waals surface area (Å²) in [5.41, 5.74) is 0. The summed E-state index contributed by atoms with van der Waals surface area (Å²) in [6, 6.07) is 0. The molecule has 1 aliphatic carbocycles. The third-order valence-electron chi connectivity index (χ3n) is 4.86. The molecule has 22 heavy (non-hydrogen) atoms. The summed E-state index contributed by atoms with van der Waals surface area (Å²) in [4.78, 5) is 3.76. The van der Waals surface area contributed by atoms with Crippen LogP contribution in [0.1, 0.15) is 39.0 Å². The first kappa shape index (κ1) is 18.0. The van der Waals surface area contributed by atoms with Crippen LogP contribution >= 0.6 is 0 Å². The number of alkyl halides is 3. The van der Waals surface area contributed by atoms with Gasteiger partial charge in [-0.05, 0) is 38.3 Å². The quantitative estimate of drug-likeness (QED) is 0.773. The van der Waals surface area contributed by atoms with Crippen molar-refractivity contribution >= 4 is 0 Å². The average Bonchev–Trinajstić information content (AvgIpc) is 2.65. The smallest absolute Gasteiger partial charge is 0.377 e. The maximum absolute atomic E-state index is 12.4. The molecule has 2 aliphatic rings. The largest absolute Gasteiger partial charge is 0.401 e. The van der Waals surface area contributed by atoms with Crippen molar-refractivity contribution < 1.29 is 17.9 Å². The lowest BCUT2D eigenvalue weighted by Crippen LogP contribution is -2.38. The molecular formula is C16H29F3N2O. The van der Waals surface area contributed by atoms with Gasteiger partial charge >= 0.3 is 6.18 Å². The lowest BCUT2D eigenvalue weighted by atomic mass is 9.88. The molecule has 1 saturated heterocycles. The summed E-state index contributed by atoms with van der Waals surface area (Å²) in [6.07, 6.45) is 2.06. The van der Waals surface area contributed by atoms with E-state index in [0.29, 0.717) is 38.3 Å². The predicted octanol–water partition coefficient (Wildman–Crippen LogP) is 3.15. The van der Waals surface area contributed by atoms with Gasteiger partial charge in [0.15, 0.2) is 0 Å². The fraction of sp³-hybridized carbons (Fsp3) is 1.00. The van der Waals surface area contributed by atoms with Crippen LogP contribution in [0.2, 0.25) is 0 Å². The fourth-order valence-corrected chi connectivity index (χ4v) is 3.52. The second-order valence-electron chi connectivity index (χ2n) is 6.76. The van der Waals surface area contributed by atoms with Crippen LogP contribution in [0.15, 0.2) is 0 Å². The van der Waals surface area contributed by atoms with Crippen LogP contribution in [0.25, 0.3) is 0 Å². The minimum absolute atomic E-state index is 0.377. The Balaban J connectivity index is 1.64. The lowest BCUT2D eigenvalue weighted by Gasteiger charge is -2.30. The van der Waals surface area contributed by atoms with Crippen LogP contribution in [-0.4, -0.2) is 68.0 Å². The highest BCUT2D eigenvalue weighted by molar-refractivity contribution is 4.74. The molecule has 2 atom stereocenters. The van der Waals surface area contributed by atoms with Gasteiger partial charge in [-0.3, -0.25) is 9.80 Å². The number of hydrogen-bond acceptors (Lipinski definition) is 3. The molecule has 0 spiro atoms. The Bertz CT molecular complexity index is 325. The van der Waals surface area contributed by atoms with Crippen LogP contribution in [0.5, 0.6) is 0 Å². The van der Waals surface area contributed by atoms with Crippen molar-refractivity contribution in [3.8, 4) is 0 Å². The van der Waals surface area contributed by atoms with E-state index in [1.165, 1.54) is 24.2 Å². The van der Waals surface area contributed by atoms with Crippen molar-refractivity contribution in [3.63, 3.8) is 0 Å². The molecular weight excluding hydrogens is 293 g/mol. The molecule has 2 rings (SSSR count). The van der Waals surface area contributed by atoms with Crippen molar-refractivity contribution in [3.05, 3.63) is 0 Å². The third kappa shape index (κ3) is 6.42. The van der Waals surface area contributed by atoms with Crippen molar-refractivity contribution in [2.24, 2.45) is 5.92 Å². The highest BCUT2D eigenvalue weighted by Gasteiger charge is 2.31. The SMILES string of the molecule is C[C@@H]1CCCC[C@@H]1OCCN1CCCN(CC(F)(F)F)CC1. The summed E-state index contributed by atoms with van der Waals surface area (Å²) in [7, 11) is 0. The predicted molar refractivity (Wildman–Crippen MR) is 80.9 cm³/mol. The number of nitrogens with zero attached hydrogens (tertiary/aromatic N) is 2. The Morgan fingerprint density at radius 3 is 2.36 bits per heavy atom. The van der Waals surface area contributed by atoms with Gasteiger partial charge in [0, 0.05) is 19.6 Å². The molecule has 130 valence electrons. The first-order valence-electron chi connectivity index (χ1n) is 8.57. The van der Waals surface area contributed by atoms with Crippen LogP contribution in [0.4, 0.5) is 13.2 Å². The normalized spacial score (nSPS) is 29.5. The maximum atomic E-state index is 12.4. The summed E-state index contributed by atoms with van der Waals surface area (Å²) < 4.78 is 43.3. The molecule has 0 N–H and O–H groups in total. The van der Waals surface area contributed by atoms with Gasteiger partial charge in [-0.15, -0.1) is 0 Å². The second-order valence-corrected chi connectivity index (χ2v) is 6.76. The monoisotopic (exact) mass is 322 g/mol. The average molecular weight is 322 g/mol. The van der Waals surface area contributed by atoms with Gasteiger partial charge in [0.2, 0.25) is 0 Å². The van der Waals surface area contributed by atoms with Gasteiger partial charge in [-0.1, -0.05) is 19.8 Å². The third-order valence-corrected chi connectivity index (χ3v) is 4.86. The first-order chi connectivity index (χ1) is 10.4. The zero-order valence-corrected chi connectivity index (χ0v) is 13.6. The van der Waals surface area contributed by atoms with Crippen molar-refractivity contribution in [2.45, 2.75) is 51.3 Å². The first-order valence-corrected chi connectivity index (χ1v) is 8.57. The number of rotatable bonds is 5. The summed E-state index contributed by atoms with van der Waals surface area (Å²) in [5.74, 6) is 0.639. The van der Waals surface area contributed by atoms with Crippen LogP contribution in [-0.2, 0) is 4.74 Å². The molecule has 0 aromatic carbocycles. The highest BCUT2D eigenvalue weighted by atomic mass is 19.4. The highest BCUT2D eigenvalue weighted by Crippen LogP contribution is 2.26. The van der Waals surface area contributed by atoms with Gasteiger partial charge in [-0.25, -0.2) is 0 Å². The van der Waals surface area contributed by atoms with E-state index >= 15 is 0 Å². The molecule has 0 amide bonds. The topological polar surface area (TPSA) is 15.7 Å². The van der Waals surface area contributed by atoms with Crippen LogP contribution < -0.4 is 0 Å². The van der Waals surface area contributed by atoms with Gasteiger partial charge in [0.05, 0.1) is 19.3 Å². The Morgan fingerprint density at radius 1 is 0.955 bits per heavy atom. The van der Waals surface area contributed by atoms with E-state index in [0.717, 1.165) is 25.9 Å². The number of halogens is 3.